The van der Waals surface area contributed by atoms with E-state index in [2.05, 4.69) is 15.9 Å². The molecule has 0 saturated carbocycles. The molecule has 0 radical (unpaired) electrons. The van der Waals surface area contributed by atoms with E-state index in [1.165, 1.54) is 6.07 Å². The number of aldehydes is 1. The number of carbonyl (C=O) groups is 1. The van der Waals surface area contributed by atoms with E-state index in [-0.39, 0.29) is 22.2 Å². The maximum atomic E-state index is 10.8. The van der Waals surface area contributed by atoms with E-state index in [9.17, 15) is 14.9 Å². The molecular weight excluding hydrogens is 324 g/mol. The zero-order chi connectivity index (χ0) is 13.9. The molecule has 1 aromatic carbocycles. The topological polar surface area (TPSA) is 72.7 Å². The van der Waals surface area contributed by atoms with Gasteiger partial charge in [-0.3, -0.25) is 14.9 Å². The number of nitrogens with zero attached hydrogens (tertiary/aromatic N) is 2. The SMILES string of the molecule is CN(C)C(=S)Oc1cc([N+](=O)[O-])c(C=O)cc1Br. The molecule has 18 heavy (non-hydrogen) atoms. The van der Waals surface area contributed by atoms with Crippen molar-refractivity contribution in [2.24, 2.45) is 0 Å². The first-order valence-electron chi connectivity index (χ1n) is 4.69. The van der Waals surface area contributed by atoms with E-state index in [1.807, 2.05) is 0 Å². The Bertz CT molecular complexity index is 519. The molecule has 0 fully saturated rings. The van der Waals surface area contributed by atoms with Crippen LogP contribution in [0.3, 0.4) is 0 Å². The molecule has 0 aliphatic carbocycles. The van der Waals surface area contributed by atoms with Gasteiger partial charge in [-0.05, 0) is 34.2 Å². The summed E-state index contributed by atoms with van der Waals surface area (Å²) in [6, 6.07) is 2.47. The van der Waals surface area contributed by atoms with Crippen LogP contribution in [0.4, 0.5) is 5.69 Å². The number of nitro groups is 1. The van der Waals surface area contributed by atoms with Crippen LogP contribution in [0.5, 0.6) is 5.75 Å². The van der Waals surface area contributed by atoms with Gasteiger partial charge in [-0.2, -0.15) is 0 Å². The van der Waals surface area contributed by atoms with Gasteiger partial charge in [0.15, 0.2) is 12.0 Å². The molecule has 0 saturated heterocycles. The second-order valence-electron chi connectivity index (χ2n) is 3.48. The minimum absolute atomic E-state index is 0.0324. The Morgan fingerprint density at radius 3 is 2.61 bits per heavy atom. The van der Waals surface area contributed by atoms with Gasteiger partial charge in [0.25, 0.3) is 10.9 Å². The summed E-state index contributed by atoms with van der Waals surface area (Å²) in [5.74, 6) is 0.186. The summed E-state index contributed by atoms with van der Waals surface area (Å²) in [4.78, 5) is 22.4. The summed E-state index contributed by atoms with van der Waals surface area (Å²) < 4.78 is 5.70. The van der Waals surface area contributed by atoms with Crippen molar-refractivity contribution in [1.82, 2.24) is 4.90 Å². The van der Waals surface area contributed by atoms with Crippen molar-refractivity contribution in [3.8, 4) is 5.75 Å². The highest BCUT2D eigenvalue weighted by molar-refractivity contribution is 9.10. The maximum Gasteiger partial charge on any atom is 0.283 e. The van der Waals surface area contributed by atoms with Crippen LogP contribution < -0.4 is 4.74 Å². The lowest BCUT2D eigenvalue weighted by atomic mass is 10.2. The molecule has 0 aromatic heterocycles. The van der Waals surface area contributed by atoms with Crippen molar-refractivity contribution in [1.29, 1.82) is 0 Å². The zero-order valence-electron chi connectivity index (χ0n) is 9.55. The molecule has 0 unspecified atom stereocenters. The molecule has 0 bridgehead atoms. The van der Waals surface area contributed by atoms with Crippen molar-refractivity contribution in [3.05, 3.63) is 32.3 Å². The van der Waals surface area contributed by atoms with Crippen LogP contribution in [0.25, 0.3) is 0 Å². The Hall–Kier alpha value is -1.54. The number of benzene rings is 1. The molecule has 1 rings (SSSR count). The standard InChI is InChI=1S/C10H9BrN2O4S/c1-12(2)10(18)17-9-4-8(13(15)16)6(5-14)3-7(9)11/h3-5H,1-2H3. The Morgan fingerprint density at radius 1 is 1.56 bits per heavy atom. The molecule has 0 N–H and O–H groups in total. The third-order valence-corrected chi connectivity index (χ3v) is 3.04. The molecule has 0 heterocycles. The lowest BCUT2D eigenvalue weighted by Gasteiger charge is -2.15. The van der Waals surface area contributed by atoms with Gasteiger partial charge in [0.2, 0.25) is 0 Å². The van der Waals surface area contributed by atoms with Crippen LogP contribution in [0, 0.1) is 10.1 Å². The molecular formula is C10H9BrN2O4S. The summed E-state index contributed by atoms with van der Waals surface area (Å²) in [6.45, 7) is 0. The monoisotopic (exact) mass is 332 g/mol. The van der Waals surface area contributed by atoms with E-state index in [0.717, 1.165) is 6.07 Å². The Labute approximate surface area is 117 Å². The maximum absolute atomic E-state index is 10.8. The fourth-order valence-electron chi connectivity index (χ4n) is 1.07. The van der Waals surface area contributed by atoms with Crippen LogP contribution >= 0.6 is 28.1 Å². The van der Waals surface area contributed by atoms with Gasteiger partial charge in [-0.15, -0.1) is 0 Å². The molecule has 0 atom stereocenters. The molecule has 1 aromatic rings. The first kappa shape index (κ1) is 14.5. The van der Waals surface area contributed by atoms with Gasteiger partial charge in [0.05, 0.1) is 21.0 Å². The summed E-state index contributed by atoms with van der Waals surface area (Å²) in [5, 5.41) is 11.0. The van der Waals surface area contributed by atoms with E-state index >= 15 is 0 Å². The lowest BCUT2D eigenvalue weighted by molar-refractivity contribution is -0.385. The Balaban J connectivity index is 3.21. The van der Waals surface area contributed by atoms with Crippen LogP contribution in [0.1, 0.15) is 10.4 Å². The minimum atomic E-state index is -0.651. The second-order valence-corrected chi connectivity index (χ2v) is 4.68. The van der Waals surface area contributed by atoms with Crippen molar-refractivity contribution >= 4 is 45.3 Å². The average Bonchev–Trinajstić information content (AvgIpc) is 2.30. The summed E-state index contributed by atoms with van der Waals surface area (Å²) >= 11 is 8.10. The molecule has 0 amide bonds. The number of rotatable bonds is 3. The molecule has 0 spiro atoms. The smallest absolute Gasteiger partial charge is 0.283 e. The van der Waals surface area contributed by atoms with Gasteiger partial charge in [0, 0.05) is 14.1 Å². The number of carbonyl (C=O) groups excluding carboxylic acids is 1. The molecule has 0 aliphatic heterocycles. The normalized spacial score (nSPS) is 9.72. The lowest BCUT2D eigenvalue weighted by Crippen LogP contribution is -2.25. The van der Waals surface area contributed by atoms with Crippen LogP contribution in [-0.4, -0.2) is 35.4 Å². The van der Waals surface area contributed by atoms with E-state index in [4.69, 9.17) is 17.0 Å². The predicted molar refractivity (Wildman–Crippen MR) is 73.1 cm³/mol. The number of ether oxygens (including phenoxy) is 1. The van der Waals surface area contributed by atoms with Gasteiger partial charge in [-0.1, -0.05) is 0 Å². The quantitative estimate of drug-likeness (QED) is 0.366. The van der Waals surface area contributed by atoms with Crippen molar-refractivity contribution < 1.29 is 14.5 Å². The van der Waals surface area contributed by atoms with Crippen LogP contribution in [0.2, 0.25) is 0 Å². The molecule has 96 valence electrons. The Morgan fingerprint density at radius 2 is 2.17 bits per heavy atom. The largest absolute Gasteiger partial charge is 0.430 e. The summed E-state index contributed by atoms with van der Waals surface area (Å²) in [5.41, 5.74) is -0.361. The van der Waals surface area contributed by atoms with Crippen LogP contribution in [-0.2, 0) is 0 Å². The highest BCUT2D eigenvalue weighted by Crippen LogP contribution is 2.32. The van der Waals surface area contributed by atoms with E-state index in [1.54, 1.807) is 19.0 Å². The third-order valence-electron chi connectivity index (χ3n) is 1.97. The molecule has 6 nitrogen and oxygen atoms in total. The van der Waals surface area contributed by atoms with Gasteiger partial charge >= 0.3 is 0 Å². The van der Waals surface area contributed by atoms with Gasteiger partial charge in [0.1, 0.15) is 0 Å². The van der Waals surface area contributed by atoms with Crippen molar-refractivity contribution in [2.45, 2.75) is 0 Å². The number of nitro benzene ring substituents is 1. The number of hydrogen-bond acceptors (Lipinski definition) is 5. The minimum Gasteiger partial charge on any atom is -0.430 e. The van der Waals surface area contributed by atoms with Crippen molar-refractivity contribution in [3.63, 3.8) is 0 Å². The highest BCUT2D eigenvalue weighted by Gasteiger charge is 2.19. The summed E-state index contributed by atoms with van der Waals surface area (Å²) in [6.07, 6.45) is 0.414. The van der Waals surface area contributed by atoms with Crippen LogP contribution in [0.15, 0.2) is 16.6 Å². The average molecular weight is 333 g/mol. The van der Waals surface area contributed by atoms with Gasteiger partial charge < -0.3 is 9.64 Å². The third kappa shape index (κ3) is 3.23. The van der Waals surface area contributed by atoms with Gasteiger partial charge in [-0.25, -0.2) is 0 Å². The Kier molecular flexibility index (Phi) is 4.74. The van der Waals surface area contributed by atoms with E-state index in [0.29, 0.717) is 10.8 Å². The highest BCUT2D eigenvalue weighted by atomic mass is 79.9. The number of thiocarbonyl (C=S) groups is 1. The molecule has 0 aliphatic rings. The fourth-order valence-corrected chi connectivity index (χ4v) is 1.61. The van der Waals surface area contributed by atoms with Crippen molar-refractivity contribution in [2.75, 3.05) is 14.1 Å². The zero-order valence-corrected chi connectivity index (χ0v) is 11.9. The molecule has 8 heteroatoms. The first-order chi connectivity index (χ1) is 8.36. The number of halogens is 1. The second kappa shape index (κ2) is 5.87. The first-order valence-corrected chi connectivity index (χ1v) is 5.89. The van der Waals surface area contributed by atoms with E-state index < -0.39 is 4.92 Å². The summed E-state index contributed by atoms with van der Waals surface area (Å²) in [7, 11) is 3.37. The predicted octanol–water partition coefficient (Wildman–Crippen LogP) is 2.40. The fraction of sp³-hybridized carbons (Fsp3) is 0.200. The number of hydrogen-bond donors (Lipinski definition) is 0.